The molecule has 0 radical (unpaired) electrons. The van der Waals surface area contributed by atoms with Crippen LogP contribution in [0.15, 0.2) is 72.9 Å². The van der Waals surface area contributed by atoms with E-state index in [2.05, 4.69) is 5.32 Å². The summed E-state index contributed by atoms with van der Waals surface area (Å²) in [4.78, 5) is 12.2. The minimum atomic E-state index is -4.44. The number of carbonyl (C=O) groups is 1. The molecular weight excluding hydrogens is 459 g/mol. The molecule has 0 heterocycles. The number of anilines is 1. The molecule has 0 saturated carbocycles. The Hall–Kier alpha value is -4.20. The molecule has 35 heavy (non-hydrogen) atoms. The Morgan fingerprint density at radius 1 is 0.800 bits per heavy atom. The van der Waals surface area contributed by atoms with Gasteiger partial charge in [0, 0.05) is 23.5 Å². The first-order valence-corrected chi connectivity index (χ1v) is 10.5. The van der Waals surface area contributed by atoms with Crippen molar-refractivity contribution in [1.29, 1.82) is 0 Å². The van der Waals surface area contributed by atoms with Gasteiger partial charge in [-0.2, -0.15) is 13.2 Å². The molecule has 0 aliphatic carbocycles. The molecule has 8 heteroatoms. The smallest absolute Gasteiger partial charge is 0.416 e. The quantitative estimate of drug-likeness (QED) is 0.208. The van der Waals surface area contributed by atoms with Crippen LogP contribution < -0.4 is 19.5 Å². The van der Waals surface area contributed by atoms with Crippen LogP contribution in [0.2, 0.25) is 0 Å². The Labute approximate surface area is 201 Å². The van der Waals surface area contributed by atoms with Gasteiger partial charge in [0.25, 0.3) is 0 Å². The number of carbonyl (C=O) groups excluding carboxylic acids is 1. The summed E-state index contributed by atoms with van der Waals surface area (Å²) in [6.07, 6.45) is 2.11. The molecule has 1 N–H and O–H groups in total. The van der Waals surface area contributed by atoms with Crippen molar-refractivity contribution in [2.75, 3.05) is 26.6 Å². The van der Waals surface area contributed by atoms with E-state index in [1.54, 1.807) is 21.3 Å². The molecule has 0 amide bonds. The molecule has 0 unspecified atom stereocenters. The average molecular weight is 483 g/mol. The Balaban J connectivity index is 1.62. The van der Waals surface area contributed by atoms with Crippen molar-refractivity contribution in [1.82, 2.24) is 0 Å². The second-order valence-electron chi connectivity index (χ2n) is 7.33. The summed E-state index contributed by atoms with van der Waals surface area (Å²) in [7, 11) is 4.66. The van der Waals surface area contributed by atoms with Gasteiger partial charge in [0.2, 0.25) is 5.75 Å². The average Bonchev–Trinajstić information content (AvgIpc) is 2.86. The zero-order valence-electron chi connectivity index (χ0n) is 19.3. The van der Waals surface area contributed by atoms with E-state index in [0.717, 1.165) is 41.1 Å². The number of allylic oxidation sites excluding steroid dienone is 1. The Morgan fingerprint density at radius 3 is 1.89 bits per heavy atom. The third-order valence-corrected chi connectivity index (χ3v) is 5.05. The van der Waals surface area contributed by atoms with E-state index in [1.807, 2.05) is 48.6 Å². The summed E-state index contributed by atoms with van der Waals surface area (Å²) in [5.41, 5.74) is 1.92. The van der Waals surface area contributed by atoms with Gasteiger partial charge in [-0.25, -0.2) is 0 Å². The number of benzene rings is 3. The fourth-order valence-electron chi connectivity index (χ4n) is 3.21. The van der Waals surface area contributed by atoms with E-state index in [9.17, 15) is 18.0 Å². The molecule has 0 bridgehead atoms. The molecule has 3 aromatic rings. The van der Waals surface area contributed by atoms with Crippen LogP contribution >= 0.6 is 0 Å². The zero-order valence-corrected chi connectivity index (χ0v) is 19.3. The van der Waals surface area contributed by atoms with Gasteiger partial charge in [-0.15, -0.1) is 0 Å². The number of ether oxygens (including phenoxy) is 3. The van der Waals surface area contributed by atoms with Gasteiger partial charge in [0.15, 0.2) is 17.3 Å². The van der Waals surface area contributed by atoms with E-state index >= 15 is 0 Å². The van der Waals surface area contributed by atoms with Crippen LogP contribution in [0, 0.1) is 0 Å². The molecule has 0 aliphatic heterocycles. The summed E-state index contributed by atoms with van der Waals surface area (Å²) in [5, 5.41) is 2.97. The highest BCUT2D eigenvalue weighted by atomic mass is 19.4. The van der Waals surface area contributed by atoms with Crippen molar-refractivity contribution in [2.24, 2.45) is 0 Å². The van der Waals surface area contributed by atoms with Gasteiger partial charge < -0.3 is 19.5 Å². The molecule has 5 nitrogen and oxygen atoms in total. The molecule has 0 fully saturated rings. The number of hydrogen-bond donors (Lipinski definition) is 1. The lowest BCUT2D eigenvalue weighted by molar-refractivity contribution is -0.137. The van der Waals surface area contributed by atoms with Crippen molar-refractivity contribution < 1.29 is 32.2 Å². The van der Waals surface area contributed by atoms with Crippen molar-refractivity contribution in [3.05, 3.63) is 95.2 Å². The molecule has 0 saturated heterocycles. The maximum atomic E-state index is 12.6. The van der Waals surface area contributed by atoms with E-state index < -0.39 is 17.5 Å². The number of halogens is 3. The number of rotatable bonds is 9. The lowest BCUT2D eigenvalue weighted by Gasteiger charge is -2.12. The van der Waals surface area contributed by atoms with Gasteiger partial charge in [-0.05, 0) is 47.5 Å². The van der Waals surface area contributed by atoms with Gasteiger partial charge in [0.05, 0.1) is 26.9 Å². The van der Waals surface area contributed by atoms with Crippen LogP contribution in [0.25, 0.3) is 12.2 Å². The highest BCUT2D eigenvalue weighted by Gasteiger charge is 2.30. The van der Waals surface area contributed by atoms with Crippen molar-refractivity contribution in [2.45, 2.75) is 6.18 Å². The molecular formula is C27H24F3NO4. The van der Waals surface area contributed by atoms with Gasteiger partial charge in [0.1, 0.15) is 0 Å². The van der Waals surface area contributed by atoms with Crippen LogP contribution in [0.5, 0.6) is 17.2 Å². The SMILES string of the molecule is COc1cc(C=Cc2ccc(NC=CC(=O)c3ccc(C(F)(F)F)cc3)cc2)cc(OC)c1OC. The fourth-order valence-corrected chi connectivity index (χ4v) is 3.21. The number of hydrogen-bond acceptors (Lipinski definition) is 5. The van der Waals surface area contributed by atoms with Crippen LogP contribution in [0.4, 0.5) is 18.9 Å². The number of alkyl halides is 3. The van der Waals surface area contributed by atoms with E-state index in [0.29, 0.717) is 17.2 Å². The summed E-state index contributed by atoms with van der Waals surface area (Å²) in [6, 6.07) is 15.2. The standard InChI is InChI=1S/C27H24F3NO4/c1-33-24-16-19(17-25(34-2)26(24)35-3)5-4-18-6-12-22(13-7-18)31-15-14-23(32)20-8-10-21(11-9-20)27(28,29)30/h4-17,31H,1-3H3. The van der Waals surface area contributed by atoms with Gasteiger partial charge in [-0.1, -0.05) is 36.4 Å². The predicted octanol–water partition coefficient (Wildman–Crippen LogP) is 6.71. The zero-order chi connectivity index (χ0) is 25.4. The second kappa shape index (κ2) is 11.3. The number of ketones is 1. The first-order valence-electron chi connectivity index (χ1n) is 10.5. The Kier molecular flexibility index (Phi) is 8.20. The summed E-state index contributed by atoms with van der Waals surface area (Å²) >= 11 is 0. The van der Waals surface area contributed by atoms with Crippen molar-refractivity contribution in [3.63, 3.8) is 0 Å². The lowest BCUT2D eigenvalue weighted by atomic mass is 10.1. The molecule has 3 aromatic carbocycles. The van der Waals surface area contributed by atoms with Crippen molar-refractivity contribution >= 4 is 23.6 Å². The Morgan fingerprint density at radius 2 is 1.37 bits per heavy atom. The van der Waals surface area contributed by atoms with Crippen LogP contribution in [-0.2, 0) is 6.18 Å². The van der Waals surface area contributed by atoms with Crippen LogP contribution in [0.3, 0.4) is 0 Å². The van der Waals surface area contributed by atoms with E-state index in [4.69, 9.17) is 14.2 Å². The number of nitrogens with one attached hydrogen (secondary N) is 1. The molecule has 3 rings (SSSR count). The molecule has 0 spiro atoms. The molecule has 182 valence electrons. The van der Waals surface area contributed by atoms with Gasteiger partial charge >= 0.3 is 6.18 Å². The predicted molar refractivity (Wildman–Crippen MR) is 130 cm³/mol. The highest BCUT2D eigenvalue weighted by Crippen LogP contribution is 2.38. The minimum absolute atomic E-state index is 0.170. The third-order valence-electron chi connectivity index (χ3n) is 5.05. The molecule has 0 aromatic heterocycles. The van der Waals surface area contributed by atoms with Gasteiger partial charge in [-0.3, -0.25) is 4.79 Å². The molecule has 0 atom stereocenters. The monoisotopic (exact) mass is 483 g/mol. The fraction of sp³-hybridized carbons (Fsp3) is 0.148. The maximum Gasteiger partial charge on any atom is 0.416 e. The van der Waals surface area contributed by atoms with Crippen LogP contribution in [-0.4, -0.2) is 27.1 Å². The first kappa shape index (κ1) is 25.4. The number of methoxy groups -OCH3 is 3. The third kappa shape index (κ3) is 6.66. The van der Waals surface area contributed by atoms with E-state index in [-0.39, 0.29) is 5.56 Å². The largest absolute Gasteiger partial charge is 0.493 e. The van der Waals surface area contributed by atoms with E-state index in [1.165, 1.54) is 12.3 Å². The highest BCUT2D eigenvalue weighted by molar-refractivity contribution is 6.04. The summed E-state index contributed by atoms with van der Waals surface area (Å²) < 4.78 is 54.0. The maximum absolute atomic E-state index is 12.6. The topological polar surface area (TPSA) is 56.8 Å². The second-order valence-corrected chi connectivity index (χ2v) is 7.33. The summed E-state index contributed by atoms with van der Waals surface area (Å²) in [5.74, 6) is 1.23. The van der Waals surface area contributed by atoms with Crippen LogP contribution in [0.1, 0.15) is 27.0 Å². The summed E-state index contributed by atoms with van der Waals surface area (Å²) in [6.45, 7) is 0. The molecule has 0 aliphatic rings. The first-order chi connectivity index (χ1) is 16.7. The minimum Gasteiger partial charge on any atom is -0.493 e. The normalized spacial score (nSPS) is 11.6. The van der Waals surface area contributed by atoms with Crippen molar-refractivity contribution in [3.8, 4) is 17.2 Å². The lowest BCUT2D eigenvalue weighted by Crippen LogP contribution is -2.05. The Bertz CT molecular complexity index is 1190.